The smallest absolute Gasteiger partial charge is 0.258 e. The van der Waals surface area contributed by atoms with E-state index in [1.165, 1.54) is 6.33 Å². The number of hydrogen-bond donors (Lipinski definition) is 2. The standard InChI is InChI=1S/C11H10N2O2/c14-5-1-2-8-3-4-10-9(6-8)11(15)13-7-12-10/h1-4,6-7,14H,5H2,(H,12,13,15). The van der Waals surface area contributed by atoms with Crippen LogP contribution in [0.15, 0.2) is 35.4 Å². The first kappa shape index (κ1) is 9.61. The molecule has 2 aromatic rings. The van der Waals surface area contributed by atoms with Crippen LogP contribution in [0.5, 0.6) is 0 Å². The van der Waals surface area contributed by atoms with Gasteiger partial charge in [-0.3, -0.25) is 4.79 Å². The Morgan fingerprint density at radius 1 is 1.47 bits per heavy atom. The first-order valence-corrected chi connectivity index (χ1v) is 4.56. The van der Waals surface area contributed by atoms with Crippen molar-refractivity contribution in [3.05, 3.63) is 46.5 Å². The predicted molar refractivity (Wildman–Crippen MR) is 58.5 cm³/mol. The lowest BCUT2D eigenvalue weighted by atomic mass is 10.1. The van der Waals surface area contributed by atoms with Gasteiger partial charge in [0, 0.05) is 0 Å². The van der Waals surface area contributed by atoms with Crippen molar-refractivity contribution < 1.29 is 5.11 Å². The van der Waals surface area contributed by atoms with Gasteiger partial charge in [0.15, 0.2) is 0 Å². The second-order valence-corrected chi connectivity index (χ2v) is 3.09. The van der Waals surface area contributed by atoms with Gasteiger partial charge in [0.05, 0.1) is 23.8 Å². The van der Waals surface area contributed by atoms with Crippen LogP contribution in [0.1, 0.15) is 5.56 Å². The Labute approximate surface area is 85.9 Å². The molecule has 0 aliphatic heterocycles. The van der Waals surface area contributed by atoms with Gasteiger partial charge in [-0.1, -0.05) is 18.2 Å². The van der Waals surface area contributed by atoms with Gasteiger partial charge < -0.3 is 10.1 Å². The Kier molecular flexibility index (Phi) is 2.60. The highest BCUT2D eigenvalue weighted by atomic mass is 16.2. The van der Waals surface area contributed by atoms with E-state index >= 15 is 0 Å². The molecule has 0 saturated heterocycles. The van der Waals surface area contributed by atoms with E-state index in [9.17, 15) is 4.79 Å². The second kappa shape index (κ2) is 4.06. The monoisotopic (exact) mass is 202 g/mol. The van der Waals surface area contributed by atoms with E-state index in [1.807, 2.05) is 6.07 Å². The van der Waals surface area contributed by atoms with Gasteiger partial charge >= 0.3 is 0 Å². The molecule has 0 bridgehead atoms. The maximum Gasteiger partial charge on any atom is 0.258 e. The highest BCUT2D eigenvalue weighted by Gasteiger charge is 1.98. The zero-order chi connectivity index (χ0) is 10.7. The third kappa shape index (κ3) is 1.94. The summed E-state index contributed by atoms with van der Waals surface area (Å²) in [6.07, 6.45) is 4.76. The van der Waals surface area contributed by atoms with Crippen LogP contribution in [-0.2, 0) is 0 Å². The fourth-order valence-corrected chi connectivity index (χ4v) is 1.38. The number of nitrogens with one attached hydrogen (secondary N) is 1. The molecule has 0 saturated carbocycles. The number of aliphatic hydroxyl groups is 1. The number of benzene rings is 1. The minimum Gasteiger partial charge on any atom is -0.392 e. The van der Waals surface area contributed by atoms with Crippen molar-refractivity contribution in [2.24, 2.45) is 0 Å². The summed E-state index contributed by atoms with van der Waals surface area (Å²) in [7, 11) is 0. The number of rotatable bonds is 2. The lowest BCUT2D eigenvalue weighted by Gasteiger charge is -1.97. The van der Waals surface area contributed by atoms with Crippen LogP contribution in [0.3, 0.4) is 0 Å². The quantitative estimate of drug-likeness (QED) is 0.761. The normalized spacial score (nSPS) is 11.3. The van der Waals surface area contributed by atoms with E-state index in [0.717, 1.165) is 5.56 Å². The minimum absolute atomic E-state index is 0.0125. The molecule has 76 valence electrons. The molecule has 1 heterocycles. The summed E-state index contributed by atoms with van der Waals surface area (Å²) in [6, 6.07) is 5.37. The summed E-state index contributed by atoms with van der Waals surface area (Å²) in [5, 5.41) is 9.18. The molecule has 0 amide bonds. The summed E-state index contributed by atoms with van der Waals surface area (Å²) >= 11 is 0. The number of aromatic amines is 1. The van der Waals surface area contributed by atoms with Crippen molar-refractivity contribution >= 4 is 17.0 Å². The highest BCUT2D eigenvalue weighted by Crippen LogP contribution is 2.10. The molecule has 0 radical (unpaired) electrons. The van der Waals surface area contributed by atoms with E-state index in [-0.39, 0.29) is 12.2 Å². The molecule has 1 aromatic carbocycles. The molecule has 0 atom stereocenters. The molecule has 4 heteroatoms. The molecule has 0 aliphatic carbocycles. The molecule has 0 fully saturated rings. The van der Waals surface area contributed by atoms with Crippen molar-refractivity contribution in [1.82, 2.24) is 9.97 Å². The van der Waals surface area contributed by atoms with E-state index in [0.29, 0.717) is 10.9 Å². The Balaban J connectivity index is 2.60. The van der Waals surface area contributed by atoms with Crippen LogP contribution in [-0.4, -0.2) is 21.7 Å². The predicted octanol–water partition coefficient (Wildman–Crippen LogP) is 0.929. The molecule has 2 N–H and O–H groups in total. The summed E-state index contributed by atoms with van der Waals surface area (Å²) in [5.74, 6) is 0. The largest absolute Gasteiger partial charge is 0.392 e. The van der Waals surface area contributed by atoms with E-state index < -0.39 is 0 Å². The van der Waals surface area contributed by atoms with E-state index in [2.05, 4.69) is 9.97 Å². The van der Waals surface area contributed by atoms with Gasteiger partial charge in [-0.2, -0.15) is 0 Å². The van der Waals surface area contributed by atoms with Gasteiger partial charge in [0.25, 0.3) is 5.56 Å². The topological polar surface area (TPSA) is 66.0 Å². The molecule has 0 aliphatic rings. The number of aromatic nitrogens is 2. The van der Waals surface area contributed by atoms with Crippen molar-refractivity contribution in [2.45, 2.75) is 0 Å². The van der Waals surface area contributed by atoms with Crippen LogP contribution in [0.25, 0.3) is 17.0 Å². The molecule has 15 heavy (non-hydrogen) atoms. The average molecular weight is 202 g/mol. The summed E-state index contributed by atoms with van der Waals surface area (Å²) in [4.78, 5) is 18.0. The van der Waals surface area contributed by atoms with Crippen LogP contribution in [0.4, 0.5) is 0 Å². The highest BCUT2D eigenvalue weighted by molar-refractivity contribution is 5.80. The molecular weight excluding hydrogens is 192 g/mol. The Morgan fingerprint density at radius 2 is 2.33 bits per heavy atom. The Morgan fingerprint density at radius 3 is 3.13 bits per heavy atom. The number of H-pyrrole nitrogens is 1. The zero-order valence-corrected chi connectivity index (χ0v) is 7.97. The van der Waals surface area contributed by atoms with Crippen LogP contribution in [0.2, 0.25) is 0 Å². The minimum atomic E-state index is -0.153. The van der Waals surface area contributed by atoms with Gasteiger partial charge in [0.2, 0.25) is 0 Å². The number of aliphatic hydroxyl groups excluding tert-OH is 1. The first-order chi connectivity index (χ1) is 7.31. The van der Waals surface area contributed by atoms with Gasteiger partial charge in [-0.05, 0) is 17.7 Å². The summed E-state index contributed by atoms with van der Waals surface area (Å²) in [5.41, 5.74) is 1.38. The van der Waals surface area contributed by atoms with Crippen molar-refractivity contribution in [3.63, 3.8) is 0 Å². The maximum atomic E-state index is 11.4. The number of fused-ring (bicyclic) bond motifs is 1. The summed E-state index contributed by atoms with van der Waals surface area (Å²) < 4.78 is 0. The Bertz CT molecular complexity index is 558. The second-order valence-electron chi connectivity index (χ2n) is 3.09. The fourth-order valence-electron chi connectivity index (χ4n) is 1.38. The van der Waals surface area contributed by atoms with Crippen LogP contribution < -0.4 is 5.56 Å². The van der Waals surface area contributed by atoms with Crippen molar-refractivity contribution in [3.8, 4) is 0 Å². The molecule has 1 aromatic heterocycles. The van der Waals surface area contributed by atoms with E-state index in [1.54, 1.807) is 24.3 Å². The average Bonchev–Trinajstić information content (AvgIpc) is 2.27. The zero-order valence-electron chi connectivity index (χ0n) is 7.97. The van der Waals surface area contributed by atoms with E-state index in [4.69, 9.17) is 5.11 Å². The third-order valence-electron chi connectivity index (χ3n) is 2.08. The fraction of sp³-hybridized carbons (Fsp3) is 0.0909. The number of hydrogen-bond acceptors (Lipinski definition) is 3. The van der Waals surface area contributed by atoms with Gasteiger partial charge in [-0.15, -0.1) is 0 Å². The first-order valence-electron chi connectivity index (χ1n) is 4.56. The van der Waals surface area contributed by atoms with Crippen LogP contribution >= 0.6 is 0 Å². The third-order valence-corrected chi connectivity index (χ3v) is 2.08. The lowest BCUT2D eigenvalue weighted by molar-refractivity contribution is 0.343. The molecule has 2 rings (SSSR count). The number of nitrogens with zero attached hydrogens (tertiary/aromatic N) is 1. The maximum absolute atomic E-state index is 11.4. The Hall–Kier alpha value is -1.94. The summed E-state index contributed by atoms with van der Waals surface area (Å²) in [6.45, 7) is -0.0125. The van der Waals surface area contributed by atoms with Crippen LogP contribution in [0, 0.1) is 0 Å². The van der Waals surface area contributed by atoms with Crippen molar-refractivity contribution in [2.75, 3.05) is 6.61 Å². The molecule has 0 unspecified atom stereocenters. The van der Waals surface area contributed by atoms with Gasteiger partial charge in [-0.25, -0.2) is 4.98 Å². The lowest BCUT2D eigenvalue weighted by Crippen LogP contribution is -2.05. The SMILES string of the molecule is O=c1[nH]cnc2ccc(C=CCO)cc12. The molecule has 0 spiro atoms. The molecular formula is C11H10N2O2. The van der Waals surface area contributed by atoms with Gasteiger partial charge in [0.1, 0.15) is 0 Å². The van der Waals surface area contributed by atoms with Crippen molar-refractivity contribution in [1.29, 1.82) is 0 Å². The molecule has 4 nitrogen and oxygen atoms in total.